The number of halogens is 1. The molecule has 1 aliphatic heterocycles. The first kappa shape index (κ1) is 18.5. The number of hydrogen-bond donors (Lipinski definition) is 2. The molecule has 138 valence electrons. The number of nitrogens with zero attached hydrogens (tertiary/aromatic N) is 1. The molecule has 0 saturated heterocycles. The van der Waals surface area contributed by atoms with Gasteiger partial charge in [-0.1, -0.05) is 48.5 Å². The minimum Gasteiger partial charge on any atom is -0.503 e. The van der Waals surface area contributed by atoms with Crippen molar-refractivity contribution in [2.24, 2.45) is 0 Å². The summed E-state index contributed by atoms with van der Waals surface area (Å²) < 4.78 is 13.3. The molecule has 27 heavy (non-hydrogen) atoms. The van der Waals surface area contributed by atoms with Gasteiger partial charge >= 0.3 is 0 Å². The fraction of sp³-hybridized carbons (Fsp3) is 0.143. The van der Waals surface area contributed by atoms with Crippen molar-refractivity contribution >= 4 is 17.8 Å². The second kappa shape index (κ2) is 7.97. The highest BCUT2D eigenvalue weighted by atomic mass is 19.1. The van der Waals surface area contributed by atoms with Gasteiger partial charge in [-0.2, -0.15) is 0 Å². The Bertz CT molecular complexity index is 904. The summed E-state index contributed by atoms with van der Waals surface area (Å²) in [5.74, 6) is -2.38. The molecule has 3 rings (SSSR count). The van der Waals surface area contributed by atoms with Crippen molar-refractivity contribution < 1.29 is 24.2 Å². The molecule has 0 radical (unpaired) electrons. The van der Waals surface area contributed by atoms with E-state index in [4.69, 9.17) is 0 Å². The topological polar surface area (TPSA) is 77.8 Å². The van der Waals surface area contributed by atoms with E-state index < -0.39 is 29.3 Å². The summed E-state index contributed by atoms with van der Waals surface area (Å²) in [4.78, 5) is 26.3. The number of amides is 1. The summed E-state index contributed by atoms with van der Waals surface area (Å²) in [6.45, 7) is -0.401. The van der Waals surface area contributed by atoms with E-state index in [0.717, 1.165) is 5.56 Å². The maximum atomic E-state index is 13.3. The number of carbonyl (C=O) groups excluding carboxylic acids is 2. The third-order valence-corrected chi connectivity index (χ3v) is 4.32. The largest absolute Gasteiger partial charge is 0.503 e. The van der Waals surface area contributed by atoms with Crippen LogP contribution in [0.3, 0.4) is 0 Å². The van der Waals surface area contributed by atoms with Gasteiger partial charge in [0.1, 0.15) is 5.82 Å². The summed E-state index contributed by atoms with van der Waals surface area (Å²) in [6.07, 6.45) is 2.87. The number of hydrogen-bond acceptors (Lipinski definition) is 4. The molecule has 0 aromatic heterocycles. The number of benzene rings is 2. The van der Waals surface area contributed by atoms with Gasteiger partial charge in [0, 0.05) is 6.54 Å². The normalized spacial score (nSPS) is 17.2. The molecule has 0 spiro atoms. The van der Waals surface area contributed by atoms with Gasteiger partial charge in [-0.3, -0.25) is 9.59 Å². The van der Waals surface area contributed by atoms with Gasteiger partial charge < -0.3 is 15.1 Å². The van der Waals surface area contributed by atoms with Crippen LogP contribution in [0.25, 0.3) is 6.08 Å². The molecule has 0 aliphatic carbocycles. The Balaban J connectivity index is 1.98. The maximum absolute atomic E-state index is 13.3. The summed E-state index contributed by atoms with van der Waals surface area (Å²) in [6, 6.07) is 13.6. The Kier molecular flexibility index (Phi) is 5.47. The van der Waals surface area contributed by atoms with Crippen LogP contribution in [0, 0.1) is 5.82 Å². The van der Waals surface area contributed by atoms with E-state index in [-0.39, 0.29) is 18.7 Å². The maximum Gasteiger partial charge on any atom is 0.290 e. The van der Waals surface area contributed by atoms with Gasteiger partial charge in [0.15, 0.2) is 11.5 Å². The van der Waals surface area contributed by atoms with Crippen molar-refractivity contribution in [1.82, 2.24) is 4.90 Å². The highest BCUT2D eigenvalue weighted by molar-refractivity contribution is 6.14. The standard InChI is InChI=1S/C21H18FNO4/c22-16-9-7-15(8-10-16)19-18(20(26)21(27)23(19)12-13-24)17(25)11-6-14-4-2-1-3-5-14/h1-11,19,24,26H,12-13H2. The van der Waals surface area contributed by atoms with E-state index in [1.165, 1.54) is 35.2 Å². The molecule has 6 heteroatoms. The SMILES string of the molecule is O=C(C=Cc1ccccc1)C1=C(O)C(=O)N(CCO)C1c1ccc(F)cc1. The van der Waals surface area contributed by atoms with Crippen LogP contribution in [0.1, 0.15) is 17.2 Å². The van der Waals surface area contributed by atoms with Gasteiger partial charge in [0.05, 0.1) is 18.2 Å². The van der Waals surface area contributed by atoms with Crippen LogP contribution in [0.4, 0.5) is 4.39 Å². The van der Waals surface area contributed by atoms with Crippen LogP contribution in [-0.4, -0.2) is 40.0 Å². The second-order valence-electron chi connectivity index (χ2n) is 6.05. The zero-order valence-electron chi connectivity index (χ0n) is 14.4. The smallest absolute Gasteiger partial charge is 0.290 e. The Morgan fingerprint density at radius 1 is 1.11 bits per heavy atom. The Labute approximate surface area is 155 Å². The number of β-amino-alcohol motifs (C(OH)–C–C–N with tert-alkyl or cyclic N) is 1. The van der Waals surface area contributed by atoms with Crippen molar-refractivity contribution in [3.05, 3.63) is 88.9 Å². The summed E-state index contributed by atoms with van der Waals surface area (Å²) in [5, 5.41) is 19.5. The van der Waals surface area contributed by atoms with Crippen molar-refractivity contribution in [3.63, 3.8) is 0 Å². The quantitative estimate of drug-likeness (QED) is 0.770. The lowest BCUT2D eigenvalue weighted by Crippen LogP contribution is -2.33. The first-order valence-electron chi connectivity index (χ1n) is 8.41. The molecule has 2 aromatic carbocycles. The van der Waals surface area contributed by atoms with Crippen molar-refractivity contribution in [2.75, 3.05) is 13.2 Å². The molecule has 0 bridgehead atoms. The predicted octanol–water partition coefficient (Wildman–Crippen LogP) is 2.80. The van der Waals surface area contributed by atoms with E-state index in [9.17, 15) is 24.2 Å². The highest BCUT2D eigenvalue weighted by Crippen LogP contribution is 2.37. The zero-order valence-corrected chi connectivity index (χ0v) is 14.4. The van der Waals surface area contributed by atoms with Gasteiger partial charge in [-0.15, -0.1) is 0 Å². The van der Waals surface area contributed by atoms with E-state index in [2.05, 4.69) is 0 Å². The van der Waals surface area contributed by atoms with Crippen LogP contribution in [-0.2, 0) is 9.59 Å². The highest BCUT2D eigenvalue weighted by Gasteiger charge is 2.42. The molecule has 2 aromatic rings. The minimum atomic E-state index is -0.891. The number of allylic oxidation sites excluding steroid dienone is 1. The first-order valence-corrected chi connectivity index (χ1v) is 8.41. The molecule has 1 aliphatic rings. The van der Waals surface area contributed by atoms with Crippen LogP contribution in [0.5, 0.6) is 0 Å². The van der Waals surface area contributed by atoms with Gasteiger partial charge in [-0.05, 0) is 29.3 Å². The number of aliphatic hydroxyl groups excluding tert-OH is 2. The minimum absolute atomic E-state index is 0.0654. The zero-order chi connectivity index (χ0) is 19.4. The first-order chi connectivity index (χ1) is 13.0. The van der Waals surface area contributed by atoms with Gasteiger partial charge in [0.25, 0.3) is 5.91 Å². The number of rotatable bonds is 6. The lowest BCUT2D eigenvalue weighted by molar-refractivity contribution is -0.129. The number of aliphatic hydroxyl groups is 2. The molecule has 1 unspecified atom stereocenters. The third kappa shape index (κ3) is 3.80. The number of ketones is 1. The molecule has 5 nitrogen and oxygen atoms in total. The Hall–Kier alpha value is -3.25. The summed E-state index contributed by atoms with van der Waals surface area (Å²) in [7, 11) is 0. The molecule has 1 atom stereocenters. The average Bonchev–Trinajstić information content (AvgIpc) is 2.93. The van der Waals surface area contributed by atoms with E-state index in [0.29, 0.717) is 5.56 Å². The molecule has 2 N–H and O–H groups in total. The third-order valence-electron chi connectivity index (χ3n) is 4.32. The van der Waals surface area contributed by atoms with Crippen LogP contribution >= 0.6 is 0 Å². The molecule has 1 heterocycles. The van der Waals surface area contributed by atoms with Gasteiger partial charge in [-0.25, -0.2) is 4.39 Å². The predicted molar refractivity (Wildman–Crippen MR) is 98.1 cm³/mol. The molecular weight excluding hydrogens is 349 g/mol. The van der Waals surface area contributed by atoms with E-state index in [1.54, 1.807) is 6.08 Å². The lowest BCUT2D eigenvalue weighted by atomic mass is 9.95. The Morgan fingerprint density at radius 2 is 1.78 bits per heavy atom. The van der Waals surface area contributed by atoms with Crippen molar-refractivity contribution in [1.29, 1.82) is 0 Å². The molecule has 0 fully saturated rings. The Morgan fingerprint density at radius 3 is 2.41 bits per heavy atom. The fourth-order valence-electron chi connectivity index (χ4n) is 3.06. The average molecular weight is 367 g/mol. The van der Waals surface area contributed by atoms with Gasteiger partial charge in [0.2, 0.25) is 0 Å². The van der Waals surface area contributed by atoms with E-state index >= 15 is 0 Å². The fourth-order valence-corrected chi connectivity index (χ4v) is 3.06. The van der Waals surface area contributed by atoms with Crippen LogP contribution in [0.2, 0.25) is 0 Å². The summed E-state index contributed by atoms with van der Waals surface area (Å²) >= 11 is 0. The van der Waals surface area contributed by atoms with Crippen molar-refractivity contribution in [2.45, 2.75) is 6.04 Å². The monoisotopic (exact) mass is 367 g/mol. The number of carbonyl (C=O) groups is 2. The van der Waals surface area contributed by atoms with Crippen LogP contribution in [0.15, 0.2) is 72.0 Å². The lowest BCUT2D eigenvalue weighted by Gasteiger charge is -2.25. The molecular formula is C21H18FNO4. The van der Waals surface area contributed by atoms with Crippen molar-refractivity contribution in [3.8, 4) is 0 Å². The van der Waals surface area contributed by atoms with E-state index in [1.807, 2.05) is 30.3 Å². The molecule has 0 saturated carbocycles. The summed E-state index contributed by atoms with van der Waals surface area (Å²) in [5.41, 5.74) is 1.17. The molecule has 1 amide bonds. The second-order valence-corrected chi connectivity index (χ2v) is 6.05. The van der Waals surface area contributed by atoms with Crippen LogP contribution < -0.4 is 0 Å².